The Morgan fingerprint density at radius 3 is 2.54 bits per heavy atom. The number of fused-ring (bicyclic) bond motifs is 5. The number of sulfonamides is 1. The van der Waals surface area contributed by atoms with Crippen LogP contribution < -0.4 is 14.8 Å². The number of nitrogens with one attached hydrogen (secondary N) is 2. The summed E-state index contributed by atoms with van der Waals surface area (Å²) in [4.78, 5) is 61.0. The number of carbonyl (C=O) groups excluding carboxylic acids is 4. The number of halogens is 4. The Labute approximate surface area is 320 Å². The summed E-state index contributed by atoms with van der Waals surface area (Å²) in [6, 6.07) is 8.30. The number of Topliss-reactive ketones (excluding diaryl/α,β-unsaturated/α-hetero) is 1. The van der Waals surface area contributed by atoms with Crippen LogP contribution in [0.15, 0.2) is 54.6 Å². The number of aliphatic hydroxyl groups is 1. The number of nitrogens with zero attached hydrogens (tertiary/aromatic N) is 2. The van der Waals surface area contributed by atoms with Gasteiger partial charge in [0.25, 0.3) is 5.91 Å². The number of hydrogen-bond donors (Lipinski definition) is 3. The van der Waals surface area contributed by atoms with Crippen LogP contribution in [0, 0.1) is 17.2 Å². The van der Waals surface area contributed by atoms with Gasteiger partial charge in [0.1, 0.15) is 18.0 Å². The van der Waals surface area contributed by atoms with Gasteiger partial charge in [0.15, 0.2) is 5.78 Å². The van der Waals surface area contributed by atoms with Gasteiger partial charge in [-0.25, -0.2) is 17.8 Å². The van der Waals surface area contributed by atoms with Crippen molar-refractivity contribution in [3.63, 3.8) is 0 Å². The van der Waals surface area contributed by atoms with E-state index in [0.29, 0.717) is 60.2 Å². The Bertz CT molecular complexity index is 2230. The van der Waals surface area contributed by atoms with Crippen LogP contribution in [0.25, 0.3) is 21.7 Å². The van der Waals surface area contributed by atoms with Crippen molar-refractivity contribution in [3.05, 3.63) is 60.4 Å². The summed E-state index contributed by atoms with van der Waals surface area (Å²) in [5.74, 6) is -5.23. The summed E-state index contributed by atoms with van der Waals surface area (Å²) in [5, 5.41) is 13.4. The number of ether oxygens (including phenoxy) is 1. The molecular formula is C39H42F4N4O8S. The maximum absolute atomic E-state index is 14.6. The molecule has 3 N–H and O–H groups in total. The quantitative estimate of drug-likeness (QED) is 0.173. The molecule has 2 saturated carbocycles. The van der Waals surface area contributed by atoms with Crippen LogP contribution in [0.4, 0.5) is 17.6 Å². The molecule has 17 heteroatoms. The number of hydrogen-bond acceptors (Lipinski definition) is 9. The molecule has 2 aliphatic heterocycles. The van der Waals surface area contributed by atoms with E-state index in [4.69, 9.17) is 4.74 Å². The third kappa shape index (κ3) is 7.71. The zero-order valence-electron chi connectivity index (χ0n) is 30.5. The van der Waals surface area contributed by atoms with Crippen LogP contribution in [0.1, 0.15) is 71.1 Å². The molecule has 0 radical (unpaired) electrons. The first-order chi connectivity index (χ1) is 26.4. The first-order valence-corrected chi connectivity index (χ1v) is 20.2. The van der Waals surface area contributed by atoms with Gasteiger partial charge in [-0.15, -0.1) is 0 Å². The Morgan fingerprint density at radius 2 is 1.80 bits per heavy atom. The number of carbonyl (C=O) groups is 4. The molecule has 56 heavy (non-hydrogen) atoms. The van der Waals surface area contributed by atoms with Crippen molar-refractivity contribution in [3.8, 4) is 5.88 Å². The molecule has 12 nitrogen and oxygen atoms in total. The van der Waals surface area contributed by atoms with Crippen LogP contribution in [-0.2, 0) is 29.2 Å². The molecule has 2 aliphatic carbocycles. The van der Waals surface area contributed by atoms with E-state index in [2.05, 4.69) is 9.71 Å². The Kier molecular flexibility index (Phi) is 10.4. The van der Waals surface area contributed by atoms with E-state index in [1.54, 1.807) is 30.3 Å². The molecule has 7 rings (SSSR count). The topological polar surface area (TPSA) is 172 Å². The van der Waals surface area contributed by atoms with Gasteiger partial charge in [-0.1, -0.05) is 49.3 Å². The molecule has 0 bridgehead atoms. The fourth-order valence-corrected chi connectivity index (χ4v) is 9.16. The second-order valence-electron chi connectivity index (χ2n) is 15.7. The van der Waals surface area contributed by atoms with Crippen LogP contribution in [0.2, 0.25) is 0 Å². The number of para-hydroxylation sites is 1. The number of benzene rings is 2. The molecule has 0 unspecified atom stereocenters. The first-order valence-electron chi connectivity index (χ1n) is 18.7. The number of alkyl halides is 3. The lowest BCUT2D eigenvalue weighted by Gasteiger charge is -2.30. The number of amides is 3. The second-order valence-corrected chi connectivity index (χ2v) is 17.9. The highest BCUT2D eigenvalue weighted by atomic mass is 32.2. The molecule has 6 atom stereocenters. The zero-order valence-corrected chi connectivity index (χ0v) is 31.3. The van der Waals surface area contributed by atoms with Gasteiger partial charge in [-0.2, -0.15) is 13.2 Å². The number of rotatable bonds is 7. The van der Waals surface area contributed by atoms with E-state index in [1.165, 1.54) is 19.1 Å². The molecule has 4 aliphatic rings. The van der Waals surface area contributed by atoms with Gasteiger partial charge in [0.05, 0.1) is 28.3 Å². The van der Waals surface area contributed by atoms with Gasteiger partial charge in [-0.3, -0.25) is 23.9 Å². The average molecular weight is 803 g/mol. The van der Waals surface area contributed by atoms with Gasteiger partial charge in [0.2, 0.25) is 33.8 Å². The van der Waals surface area contributed by atoms with E-state index in [-0.39, 0.29) is 31.7 Å². The average Bonchev–Trinajstić information content (AvgIpc) is 4.02. The van der Waals surface area contributed by atoms with Crippen molar-refractivity contribution in [1.82, 2.24) is 19.9 Å². The highest BCUT2D eigenvalue weighted by molar-refractivity contribution is 7.91. The zero-order chi connectivity index (χ0) is 40.2. The smallest absolute Gasteiger partial charge is 0.423 e. The minimum atomic E-state index is -5.31. The van der Waals surface area contributed by atoms with Crippen molar-refractivity contribution in [2.24, 2.45) is 11.3 Å². The molecule has 1 aromatic heterocycles. The fourth-order valence-electron chi connectivity index (χ4n) is 7.83. The van der Waals surface area contributed by atoms with Crippen LogP contribution in [0.3, 0.4) is 0 Å². The lowest BCUT2D eigenvalue weighted by molar-refractivity contribution is -0.205. The van der Waals surface area contributed by atoms with Gasteiger partial charge in [0, 0.05) is 23.6 Å². The standard InChI is InChI=1S/C39H42F4N4O8S/c1-37(15-16-37)56(53,54)46-36(52)38-19-22(38)9-5-3-2-4-6-12-29(44-33(50)32(49)39(41,42)43)35(51)47-21-24(18-30(47)31(48)20-38)55-34-27-17-23(40)13-14-25(27)26-10-7-8-11-28(26)45-34/h5,7-11,13-14,17,22,24,29-30,32,49H,2-4,6,12,15-16,18-21H2,1H3,(H,44,50)(H,46,52)/b9-5-/t22-,24-,29+,30+,32+,38-/m1/s1. The van der Waals surface area contributed by atoms with Gasteiger partial charge < -0.3 is 20.1 Å². The number of allylic oxidation sites excluding steroid dienone is 2. The highest BCUT2D eigenvalue weighted by Crippen LogP contribution is 2.57. The van der Waals surface area contributed by atoms with E-state index in [1.807, 2.05) is 17.5 Å². The predicted octanol–water partition coefficient (Wildman–Crippen LogP) is 4.77. The molecule has 3 aromatic rings. The van der Waals surface area contributed by atoms with E-state index >= 15 is 0 Å². The molecule has 3 fully saturated rings. The largest absolute Gasteiger partial charge is 0.472 e. The third-order valence-corrected chi connectivity index (χ3v) is 13.8. The predicted molar refractivity (Wildman–Crippen MR) is 195 cm³/mol. The van der Waals surface area contributed by atoms with Crippen molar-refractivity contribution in [1.29, 1.82) is 0 Å². The third-order valence-electron chi connectivity index (χ3n) is 11.6. The molecule has 2 aromatic carbocycles. The SMILES string of the molecule is CC1(S(=O)(=O)NC(=O)[C@]23CC(=O)[C@@H]4C[C@@H](Oc5nc6ccccc6c6ccc(F)cc56)CN4C(=O)[C@@H](NC(=O)[C@H](O)C(F)(F)F)CCCCC/C=C\[C@@H]2C3)CC1. The highest BCUT2D eigenvalue weighted by Gasteiger charge is 2.62. The molecular weight excluding hydrogens is 761 g/mol. The maximum atomic E-state index is 14.6. The van der Waals surface area contributed by atoms with E-state index in [0.717, 1.165) is 4.90 Å². The normalized spacial score (nSPS) is 28.0. The summed E-state index contributed by atoms with van der Waals surface area (Å²) < 4.78 is 88.3. The molecule has 300 valence electrons. The molecule has 1 saturated heterocycles. The first kappa shape index (κ1) is 39.6. The van der Waals surface area contributed by atoms with Crippen molar-refractivity contribution < 1.29 is 55.0 Å². The minimum Gasteiger partial charge on any atom is -0.472 e. The number of aliphatic hydroxyl groups excluding tert-OH is 1. The summed E-state index contributed by atoms with van der Waals surface area (Å²) in [6.45, 7) is 1.23. The lowest BCUT2D eigenvalue weighted by Crippen LogP contribution is -2.55. The summed E-state index contributed by atoms with van der Waals surface area (Å²) in [6.07, 6.45) is -3.97. The van der Waals surface area contributed by atoms with E-state index < -0.39 is 92.3 Å². The van der Waals surface area contributed by atoms with Crippen molar-refractivity contribution in [2.75, 3.05) is 6.54 Å². The Hall–Kier alpha value is -4.64. The molecule has 3 amide bonds. The monoisotopic (exact) mass is 802 g/mol. The maximum Gasteiger partial charge on any atom is 0.423 e. The van der Waals surface area contributed by atoms with Crippen LogP contribution in [0.5, 0.6) is 5.88 Å². The van der Waals surface area contributed by atoms with Crippen molar-refractivity contribution in [2.45, 2.75) is 106 Å². The minimum absolute atomic E-state index is 0.00557. The second kappa shape index (κ2) is 14.7. The summed E-state index contributed by atoms with van der Waals surface area (Å²) >= 11 is 0. The Morgan fingerprint density at radius 1 is 1.05 bits per heavy atom. The van der Waals surface area contributed by atoms with Gasteiger partial charge in [-0.05, 0) is 75.0 Å². The molecule has 0 spiro atoms. The number of aromatic nitrogens is 1. The van der Waals surface area contributed by atoms with Gasteiger partial charge >= 0.3 is 6.18 Å². The van der Waals surface area contributed by atoms with Crippen LogP contribution in [-0.4, -0.2) is 88.7 Å². The van der Waals surface area contributed by atoms with E-state index in [9.17, 15) is 50.3 Å². The summed E-state index contributed by atoms with van der Waals surface area (Å²) in [7, 11) is -4.07. The lowest BCUT2D eigenvalue weighted by atomic mass is 9.91. The fraction of sp³-hybridized carbons (Fsp3) is 0.513. The number of pyridine rings is 1. The van der Waals surface area contributed by atoms with Crippen molar-refractivity contribution >= 4 is 55.2 Å². The van der Waals surface area contributed by atoms with Crippen LogP contribution >= 0.6 is 0 Å². The Balaban J connectivity index is 1.23. The molecule has 3 heterocycles. The summed E-state index contributed by atoms with van der Waals surface area (Å²) in [5.41, 5.74) is -0.930. The number of ketones is 1.